The van der Waals surface area contributed by atoms with Gasteiger partial charge < -0.3 is 29.7 Å². The second-order valence-electron chi connectivity index (χ2n) is 6.57. The summed E-state index contributed by atoms with van der Waals surface area (Å²) in [5, 5.41) is 5.81. The summed E-state index contributed by atoms with van der Waals surface area (Å²) in [6, 6.07) is 13.7. The Balaban J connectivity index is 1.61. The van der Waals surface area contributed by atoms with Gasteiger partial charge in [0.25, 0.3) is 0 Å². The van der Waals surface area contributed by atoms with E-state index in [2.05, 4.69) is 27.7 Å². The van der Waals surface area contributed by atoms with Crippen LogP contribution in [0.2, 0.25) is 0 Å². The number of benzene rings is 2. The minimum atomic E-state index is -0.269. The zero-order chi connectivity index (χ0) is 19.9. The molecular weight excluding hydrogens is 358 g/mol. The van der Waals surface area contributed by atoms with Crippen LogP contribution in [0.1, 0.15) is 12.8 Å². The van der Waals surface area contributed by atoms with E-state index in [1.54, 1.807) is 33.5 Å². The van der Waals surface area contributed by atoms with Crippen molar-refractivity contribution < 1.29 is 19.0 Å². The van der Waals surface area contributed by atoms with Crippen LogP contribution in [0.5, 0.6) is 17.2 Å². The van der Waals surface area contributed by atoms with Gasteiger partial charge in [0.05, 0.1) is 27.0 Å². The van der Waals surface area contributed by atoms with E-state index in [0.29, 0.717) is 29.5 Å². The van der Waals surface area contributed by atoms with Crippen molar-refractivity contribution >= 4 is 17.4 Å². The topological polar surface area (TPSA) is 72.1 Å². The number of nitrogens with one attached hydrogen (secondary N) is 2. The van der Waals surface area contributed by atoms with Crippen LogP contribution >= 0.6 is 0 Å². The highest BCUT2D eigenvalue weighted by atomic mass is 16.5. The average Bonchev–Trinajstić information content (AvgIpc) is 3.20. The molecule has 1 atom stereocenters. The number of rotatable bonds is 7. The van der Waals surface area contributed by atoms with Gasteiger partial charge >= 0.3 is 6.03 Å². The molecule has 2 N–H and O–H groups in total. The van der Waals surface area contributed by atoms with E-state index in [1.807, 2.05) is 18.2 Å². The molecule has 0 saturated carbocycles. The molecule has 0 aliphatic carbocycles. The Morgan fingerprint density at radius 3 is 2.36 bits per heavy atom. The third-order valence-corrected chi connectivity index (χ3v) is 4.89. The predicted octanol–water partition coefficient (Wildman–Crippen LogP) is 3.50. The third kappa shape index (κ3) is 4.42. The lowest BCUT2D eigenvalue weighted by Gasteiger charge is -2.27. The van der Waals surface area contributed by atoms with Crippen LogP contribution in [0.25, 0.3) is 0 Å². The van der Waals surface area contributed by atoms with Crippen LogP contribution in [-0.4, -0.2) is 46.5 Å². The van der Waals surface area contributed by atoms with Crippen molar-refractivity contribution in [1.29, 1.82) is 0 Å². The number of hydrogen-bond acceptors (Lipinski definition) is 5. The molecule has 2 aromatic rings. The van der Waals surface area contributed by atoms with Gasteiger partial charge in [0, 0.05) is 37.0 Å². The fraction of sp³-hybridized carbons (Fsp3) is 0.381. The van der Waals surface area contributed by atoms with Crippen molar-refractivity contribution in [2.24, 2.45) is 0 Å². The minimum Gasteiger partial charge on any atom is -0.493 e. The van der Waals surface area contributed by atoms with Crippen molar-refractivity contribution in [2.75, 3.05) is 44.6 Å². The Morgan fingerprint density at radius 2 is 1.75 bits per heavy atom. The van der Waals surface area contributed by atoms with Crippen molar-refractivity contribution in [1.82, 2.24) is 5.32 Å². The summed E-state index contributed by atoms with van der Waals surface area (Å²) in [5.41, 5.74) is 1.76. The molecule has 2 amide bonds. The minimum absolute atomic E-state index is 0.269. The van der Waals surface area contributed by atoms with E-state index in [9.17, 15) is 4.79 Å². The van der Waals surface area contributed by atoms with Gasteiger partial charge in [-0.2, -0.15) is 0 Å². The molecule has 1 fully saturated rings. The Morgan fingerprint density at radius 1 is 1.07 bits per heavy atom. The maximum absolute atomic E-state index is 12.4. The number of hydrogen-bond donors (Lipinski definition) is 2. The second kappa shape index (κ2) is 9.21. The van der Waals surface area contributed by atoms with Crippen LogP contribution in [0.4, 0.5) is 16.2 Å². The molecule has 0 unspecified atom stereocenters. The molecule has 28 heavy (non-hydrogen) atoms. The maximum atomic E-state index is 12.4. The number of urea groups is 1. The third-order valence-electron chi connectivity index (χ3n) is 4.89. The van der Waals surface area contributed by atoms with Crippen LogP contribution in [0, 0.1) is 0 Å². The number of ether oxygens (including phenoxy) is 3. The lowest BCUT2D eigenvalue weighted by molar-refractivity contribution is 0.251. The van der Waals surface area contributed by atoms with E-state index >= 15 is 0 Å². The Hall–Kier alpha value is -3.09. The van der Waals surface area contributed by atoms with Crippen molar-refractivity contribution in [3.05, 3.63) is 42.5 Å². The Labute approximate surface area is 165 Å². The zero-order valence-electron chi connectivity index (χ0n) is 16.5. The van der Waals surface area contributed by atoms with Crippen molar-refractivity contribution in [3.63, 3.8) is 0 Å². The summed E-state index contributed by atoms with van der Waals surface area (Å²) in [6.07, 6.45) is 2.18. The lowest BCUT2D eigenvalue weighted by Crippen LogP contribution is -2.41. The molecule has 0 bridgehead atoms. The molecule has 1 saturated heterocycles. The molecule has 150 valence electrons. The second-order valence-corrected chi connectivity index (χ2v) is 6.57. The summed E-state index contributed by atoms with van der Waals surface area (Å²) in [5.74, 6) is 1.46. The fourth-order valence-corrected chi connectivity index (χ4v) is 3.55. The van der Waals surface area contributed by atoms with Gasteiger partial charge in [-0.15, -0.1) is 0 Å². The normalized spacial score (nSPS) is 15.8. The van der Waals surface area contributed by atoms with Gasteiger partial charge in [0.1, 0.15) is 0 Å². The largest absolute Gasteiger partial charge is 0.493 e. The summed E-state index contributed by atoms with van der Waals surface area (Å²) in [7, 11) is 4.62. The molecule has 1 aliphatic heterocycles. The molecule has 1 aliphatic rings. The van der Waals surface area contributed by atoms with Gasteiger partial charge in [-0.25, -0.2) is 4.79 Å². The molecule has 3 rings (SSSR count). The summed E-state index contributed by atoms with van der Waals surface area (Å²) >= 11 is 0. The van der Waals surface area contributed by atoms with Crippen LogP contribution in [-0.2, 0) is 0 Å². The number of amides is 2. The molecule has 0 spiro atoms. The quantitative estimate of drug-likeness (QED) is 0.763. The van der Waals surface area contributed by atoms with Crippen LogP contribution < -0.4 is 29.7 Å². The first kappa shape index (κ1) is 19.7. The van der Waals surface area contributed by atoms with Gasteiger partial charge in [-0.1, -0.05) is 18.2 Å². The fourth-order valence-electron chi connectivity index (χ4n) is 3.55. The monoisotopic (exact) mass is 385 g/mol. The molecular formula is C21H27N3O4. The number of para-hydroxylation sites is 1. The molecule has 7 nitrogen and oxygen atoms in total. The van der Waals surface area contributed by atoms with Gasteiger partial charge in [-0.05, 0) is 25.0 Å². The molecule has 7 heteroatoms. The van der Waals surface area contributed by atoms with E-state index in [0.717, 1.165) is 19.4 Å². The number of carbonyl (C=O) groups is 1. The van der Waals surface area contributed by atoms with Crippen molar-refractivity contribution in [3.8, 4) is 17.2 Å². The number of carbonyl (C=O) groups excluding carboxylic acids is 1. The SMILES string of the molecule is COc1cc(NC(=O)NC[C@H]2CCCN2c2ccccc2)cc(OC)c1OC. The first-order chi connectivity index (χ1) is 13.7. The van der Waals surface area contributed by atoms with Gasteiger partial charge in [-0.3, -0.25) is 0 Å². The Kier molecular flexibility index (Phi) is 6.47. The summed E-state index contributed by atoms with van der Waals surface area (Å²) in [6.45, 7) is 1.58. The smallest absolute Gasteiger partial charge is 0.319 e. The molecule has 0 radical (unpaired) electrons. The highest BCUT2D eigenvalue weighted by molar-refractivity contribution is 5.90. The molecule has 1 heterocycles. The zero-order valence-corrected chi connectivity index (χ0v) is 16.5. The first-order valence-corrected chi connectivity index (χ1v) is 9.32. The number of anilines is 2. The van der Waals surface area contributed by atoms with Gasteiger partial charge in [0.2, 0.25) is 5.75 Å². The average molecular weight is 385 g/mol. The van der Waals surface area contributed by atoms with Gasteiger partial charge in [0.15, 0.2) is 11.5 Å². The summed E-state index contributed by atoms with van der Waals surface area (Å²) < 4.78 is 15.9. The summed E-state index contributed by atoms with van der Waals surface area (Å²) in [4.78, 5) is 14.8. The number of nitrogens with zero attached hydrogens (tertiary/aromatic N) is 1. The van der Waals surface area contributed by atoms with E-state index in [-0.39, 0.29) is 12.1 Å². The van der Waals surface area contributed by atoms with E-state index < -0.39 is 0 Å². The Bertz CT molecular complexity index is 772. The number of methoxy groups -OCH3 is 3. The van der Waals surface area contributed by atoms with E-state index in [1.165, 1.54) is 5.69 Å². The highest BCUT2D eigenvalue weighted by Gasteiger charge is 2.25. The standard InChI is InChI=1S/C21H27N3O4/c1-26-18-12-15(13-19(27-2)20(18)28-3)23-21(25)22-14-17-10-7-11-24(17)16-8-5-4-6-9-16/h4-6,8-9,12-13,17H,7,10-11,14H2,1-3H3,(H2,22,23,25)/t17-/m1/s1. The lowest BCUT2D eigenvalue weighted by atomic mass is 10.2. The maximum Gasteiger partial charge on any atom is 0.319 e. The molecule has 0 aromatic heterocycles. The highest BCUT2D eigenvalue weighted by Crippen LogP contribution is 2.39. The van der Waals surface area contributed by atoms with E-state index in [4.69, 9.17) is 14.2 Å². The van der Waals surface area contributed by atoms with Crippen molar-refractivity contribution in [2.45, 2.75) is 18.9 Å². The van der Waals surface area contributed by atoms with Crippen LogP contribution in [0.15, 0.2) is 42.5 Å². The molecule has 2 aromatic carbocycles. The first-order valence-electron chi connectivity index (χ1n) is 9.32. The predicted molar refractivity (Wildman–Crippen MR) is 110 cm³/mol. The van der Waals surface area contributed by atoms with Crippen LogP contribution in [0.3, 0.4) is 0 Å².